The SMILES string of the molecule is O=S(=O)(Cc1ccc(C(F)(F)F)cc1)NCCNc1cc(Nc2ccccn2)ncn1. The van der Waals surface area contributed by atoms with Crippen LogP contribution in [0.3, 0.4) is 0 Å². The second-order valence-corrected chi connectivity index (χ2v) is 8.21. The Labute approximate surface area is 177 Å². The van der Waals surface area contributed by atoms with E-state index in [9.17, 15) is 21.6 Å². The van der Waals surface area contributed by atoms with Crippen molar-refractivity contribution >= 4 is 27.5 Å². The summed E-state index contributed by atoms with van der Waals surface area (Å²) in [4.78, 5) is 12.3. The summed E-state index contributed by atoms with van der Waals surface area (Å²) >= 11 is 0. The molecule has 3 aromatic rings. The van der Waals surface area contributed by atoms with E-state index in [0.717, 1.165) is 24.3 Å². The van der Waals surface area contributed by atoms with Crippen molar-refractivity contribution in [3.05, 3.63) is 72.2 Å². The van der Waals surface area contributed by atoms with Crippen molar-refractivity contribution in [2.75, 3.05) is 23.7 Å². The van der Waals surface area contributed by atoms with Gasteiger partial charge < -0.3 is 10.6 Å². The van der Waals surface area contributed by atoms with Gasteiger partial charge in [0.1, 0.15) is 23.8 Å². The Morgan fingerprint density at radius 1 is 0.871 bits per heavy atom. The first-order valence-corrected chi connectivity index (χ1v) is 10.7. The summed E-state index contributed by atoms with van der Waals surface area (Å²) < 4.78 is 64.4. The molecule has 2 heterocycles. The van der Waals surface area contributed by atoms with Crippen LogP contribution in [0.2, 0.25) is 0 Å². The summed E-state index contributed by atoms with van der Waals surface area (Å²) in [6, 6.07) is 11.1. The van der Waals surface area contributed by atoms with Gasteiger partial charge in [-0.2, -0.15) is 13.2 Å². The lowest BCUT2D eigenvalue weighted by Gasteiger charge is -2.10. The highest BCUT2D eigenvalue weighted by molar-refractivity contribution is 7.88. The largest absolute Gasteiger partial charge is 0.416 e. The molecule has 0 amide bonds. The van der Waals surface area contributed by atoms with Gasteiger partial charge in [0, 0.05) is 25.4 Å². The van der Waals surface area contributed by atoms with E-state index in [4.69, 9.17) is 0 Å². The number of hydrogen-bond acceptors (Lipinski definition) is 7. The van der Waals surface area contributed by atoms with Crippen molar-refractivity contribution in [2.45, 2.75) is 11.9 Å². The minimum Gasteiger partial charge on any atom is -0.369 e. The zero-order chi connectivity index (χ0) is 22.3. The molecule has 0 unspecified atom stereocenters. The van der Waals surface area contributed by atoms with Gasteiger partial charge in [-0.1, -0.05) is 18.2 Å². The van der Waals surface area contributed by atoms with E-state index in [0.29, 0.717) is 17.5 Å². The van der Waals surface area contributed by atoms with E-state index in [1.54, 1.807) is 24.4 Å². The summed E-state index contributed by atoms with van der Waals surface area (Å²) in [5, 5.41) is 5.98. The summed E-state index contributed by atoms with van der Waals surface area (Å²) in [7, 11) is -3.71. The number of benzene rings is 1. The number of rotatable bonds is 9. The average molecular weight is 452 g/mol. The fourth-order valence-electron chi connectivity index (χ4n) is 2.55. The predicted molar refractivity (Wildman–Crippen MR) is 110 cm³/mol. The smallest absolute Gasteiger partial charge is 0.369 e. The average Bonchev–Trinajstić information content (AvgIpc) is 2.72. The maximum atomic E-state index is 12.6. The van der Waals surface area contributed by atoms with Crippen LogP contribution in [0.1, 0.15) is 11.1 Å². The molecule has 3 N–H and O–H groups in total. The molecule has 0 bridgehead atoms. The van der Waals surface area contributed by atoms with Gasteiger partial charge in [0.05, 0.1) is 11.3 Å². The third kappa shape index (κ3) is 7.19. The molecular formula is C19H19F3N6O2S. The van der Waals surface area contributed by atoms with E-state index < -0.39 is 27.5 Å². The van der Waals surface area contributed by atoms with Crippen molar-refractivity contribution in [3.63, 3.8) is 0 Å². The molecule has 0 saturated carbocycles. The van der Waals surface area contributed by atoms with Crippen LogP contribution in [0.5, 0.6) is 0 Å². The molecule has 31 heavy (non-hydrogen) atoms. The number of hydrogen-bond donors (Lipinski definition) is 3. The van der Waals surface area contributed by atoms with Crippen LogP contribution in [-0.2, 0) is 22.0 Å². The van der Waals surface area contributed by atoms with E-state index in [1.165, 1.54) is 6.33 Å². The first-order valence-electron chi connectivity index (χ1n) is 9.09. The van der Waals surface area contributed by atoms with Gasteiger partial charge in [-0.3, -0.25) is 0 Å². The van der Waals surface area contributed by atoms with Gasteiger partial charge in [-0.25, -0.2) is 28.1 Å². The molecule has 0 fully saturated rings. The topological polar surface area (TPSA) is 109 Å². The zero-order valence-corrected chi connectivity index (χ0v) is 16.9. The number of aromatic nitrogens is 3. The van der Waals surface area contributed by atoms with Crippen LogP contribution in [-0.4, -0.2) is 36.5 Å². The Kier molecular flexibility index (Phi) is 7.02. The number of anilines is 3. The Hall–Kier alpha value is -3.25. The Morgan fingerprint density at radius 3 is 2.29 bits per heavy atom. The van der Waals surface area contributed by atoms with Crippen molar-refractivity contribution in [1.82, 2.24) is 19.7 Å². The lowest BCUT2D eigenvalue weighted by atomic mass is 10.1. The monoisotopic (exact) mass is 452 g/mol. The minimum atomic E-state index is -4.46. The highest BCUT2D eigenvalue weighted by Crippen LogP contribution is 2.29. The standard InChI is InChI=1S/C19H19F3N6O2S/c20-19(21,22)15-6-4-14(5-7-15)12-31(29,30)27-10-9-24-17-11-18(26-13-25-17)28-16-3-1-2-8-23-16/h1-8,11,13,27H,9-10,12H2,(H2,23,24,25,26,28). The van der Waals surface area contributed by atoms with Gasteiger partial charge in [-0.05, 0) is 29.8 Å². The molecule has 0 aliphatic carbocycles. The number of nitrogens with zero attached hydrogens (tertiary/aromatic N) is 3. The second kappa shape index (κ2) is 9.71. The first-order chi connectivity index (χ1) is 14.7. The summed E-state index contributed by atoms with van der Waals surface area (Å²) in [5.41, 5.74) is -0.568. The number of halogens is 3. The van der Waals surface area contributed by atoms with Crippen LogP contribution >= 0.6 is 0 Å². The van der Waals surface area contributed by atoms with E-state index in [1.807, 2.05) is 6.07 Å². The molecule has 2 aromatic heterocycles. The van der Waals surface area contributed by atoms with Crippen LogP contribution in [0.15, 0.2) is 61.1 Å². The van der Waals surface area contributed by atoms with Crippen LogP contribution in [0.4, 0.5) is 30.6 Å². The van der Waals surface area contributed by atoms with Crippen molar-refractivity contribution in [1.29, 1.82) is 0 Å². The van der Waals surface area contributed by atoms with Gasteiger partial charge in [0.15, 0.2) is 0 Å². The normalized spacial score (nSPS) is 11.8. The van der Waals surface area contributed by atoms with Crippen LogP contribution < -0.4 is 15.4 Å². The van der Waals surface area contributed by atoms with Gasteiger partial charge >= 0.3 is 6.18 Å². The van der Waals surface area contributed by atoms with Crippen molar-refractivity contribution in [2.24, 2.45) is 0 Å². The Morgan fingerprint density at radius 2 is 1.61 bits per heavy atom. The molecule has 0 aliphatic heterocycles. The lowest BCUT2D eigenvalue weighted by molar-refractivity contribution is -0.137. The molecule has 0 radical (unpaired) electrons. The Balaban J connectivity index is 1.47. The molecule has 0 atom stereocenters. The summed E-state index contributed by atoms with van der Waals surface area (Å²) in [5.74, 6) is 1.19. The number of sulfonamides is 1. The molecule has 0 spiro atoms. The molecule has 164 valence electrons. The first kappa shape index (κ1) is 22.4. The lowest BCUT2D eigenvalue weighted by Crippen LogP contribution is -2.30. The quantitative estimate of drug-likeness (QED) is 0.428. The van der Waals surface area contributed by atoms with Crippen molar-refractivity contribution < 1.29 is 21.6 Å². The molecule has 3 rings (SSSR count). The Bertz CT molecular complexity index is 1090. The van der Waals surface area contributed by atoms with E-state index in [-0.39, 0.29) is 18.7 Å². The second-order valence-electron chi connectivity index (χ2n) is 6.40. The summed E-state index contributed by atoms with van der Waals surface area (Å²) in [6.45, 7) is 0.308. The fraction of sp³-hybridized carbons (Fsp3) is 0.211. The van der Waals surface area contributed by atoms with Crippen LogP contribution in [0, 0.1) is 0 Å². The molecular weight excluding hydrogens is 433 g/mol. The number of alkyl halides is 3. The third-order valence-electron chi connectivity index (χ3n) is 3.98. The maximum absolute atomic E-state index is 12.6. The summed E-state index contributed by atoms with van der Waals surface area (Å²) in [6.07, 6.45) is -1.48. The highest BCUT2D eigenvalue weighted by Gasteiger charge is 2.30. The third-order valence-corrected chi connectivity index (χ3v) is 5.34. The van der Waals surface area contributed by atoms with Gasteiger partial charge in [-0.15, -0.1) is 0 Å². The zero-order valence-electron chi connectivity index (χ0n) is 16.1. The van der Waals surface area contributed by atoms with Crippen molar-refractivity contribution in [3.8, 4) is 0 Å². The number of nitrogens with one attached hydrogen (secondary N) is 3. The fourth-order valence-corrected chi connectivity index (χ4v) is 3.69. The highest BCUT2D eigenvalue weighted by atomic mass is 32.2. The van der Waals surface area contributed by atoms with Gasteiger partial charge in [0.25, 0.3) is 0 Å². The van der Waals surface area contributed by atoms with E-state index >= 15 is 0 Å². The number of pyridine rings is 1. The maximum Gasteiger partial charge on any atom is 0.416 e. The van der Waals surface area contributed by atoms with Crippen LogP contribution in [0.25, 0.3) is 0 Å². The minimum absolute atomic E-state index is 0.0654. The molecule has 1 aromatic carbocycles. The van der Waals surface area contributed by atoms with E-state index in [2.05, 4.69) is 30.3 Å². The van der Waals surface area contributed by atoms with Gasteiger partial charge in [0.2, 0.25) is 10.0 Å². The predicted octanol–water partition coefficient (Wildman–Crippen LogP) is 3.17. The molecule has 0 aliphatic rings. The molecule has 8 nitrogen and oxygen atoms in total. The molecule has 12 heteroatoms. The molecule has 0 saturated heterocycles.